The molecule has 0 aliphatic carbocycles. The summed E-state index contributed by atoms with van der Waals surface area (Å²) in [4.78, 5) is 31.6. The summed E-state index contributed by atoms with van der Waals surface area (Å²) >= 11 is 7.85. The van der Waals surface area contributed by atoms with Crippen LogP contribution in [0.15, 0.2) is 64.9 Å². The van der Waals surface area contributed by atoms with Crippen LogP contribution in [0.25, 0.3) is 17.3 Å². The summed E-state index contributed by atoms with van der Waals surface area (Å²) in [5, 5.41) is 5.11. The number of aromatic nitrogens is 1. The predicted octanol–water partition coefficient (Wildman–Crippen LogP) is 5.05. The Hall–Kier alpha value is -3.01. The minimum atomic E-state index is -0.349. The molecule has 0 unspecified atom stereocenters. The molecule has 0 spiro atoms. The first kappa shape index (κ1) is 22.2. The summed E-state index contributed by atoms with van der Waals surface area (Å²) in [6.07, 6.45) is 1.76. The molecule has 4 rings (SSSR count). The smallest absolute Gasteiger partial charge is 0.266 e. The standard InChI is InChI=1S/C23H19N3O3S3/c1-2-29-17-10-8-15(9-11-17)12-19-21(28)26(23(30)32-19)13-20(27)25-22-24-18(14-31-22)16-6-4-3-5-7-16/h3-12,14H,2,13H2,1H3,(H,24,25,27). The fraction of sp³-hybridized carbons (Fsp3) is 0.130. The highest BCUT2D eigenvalue weighted by Gasteiger charge is 2.33. The Morgan fingerprint density at radius 3 is 2.66 bits per heavy atom. The lowest BCUT2D eigenvalue weighted by Crippen LogP contribution is -2.36. The second kappa shape index (κ2) is 10.1. The van der Waals surface area contributed by atoms with Crippen LogP contribution in [0.1, 0.15) is 12.5 Å². The molecular weight excluding hydrogens is 462 g/mol. The molecule has 3 aromatic rings. The number of nitrogens with one attached hydrogen (secondary N) is 1. The second-order valence-electron chi connectivity index (χ2n) is 6.72. The maximum absolute atomic E-state index is 12.8. The first-order valence-corrected chi connectivity index (χ1v) is 11.9. The maximum atomic E-state index is 12.8. The zero-order valence-electron chi connectivity index (χ0n) is 17.1. The average molecular weight is 482 g/mol. The number of amides is 2. The van der Waals surface area contributed by atoms with Gasteiger partial charge in [-0.1, -0.05) is 66.4 Å². The third kappa shape index (κ3) is 5.24. The maximum Gasteiger partial charge on any atom is 0.266 e. The Kier molecular flexibility index (Phi) is 6.99. The van der Waals surface area contributed by atoms with Crippen molar-refractivity contribution < 1.29 is 14.3 Å². The first-order valence-electron chi connectivity index (χ1n) is 9.82. The van der Waals surface area contributed by atoms with E-state index in [2.05, 4.69) is 10.3 Å². The van der Waals surface area contributed by atoms with Crippen LogP contribution >= 0.6 is 35.3 Å². The molecule has 1 aliphatic rings. The minimum Gasteiger partial charge on any atom is -0.494 e. The van der Waals surface area contributed by atoms with E-state index < -0.39 is 0 Å². The molecular formula is C23H19N3O3S3. The highest BCUT2D eigenvalue weighted by molar-refractivity contribution is 8.26. The molecule has 9 heteroatoms. The summed E-state index contributed by atoms with van der Waals surface area (Å²) in [7, 11) is 0. The molecule has 2 amide bonds. The van der Waals surface area contributed by atoms with Crippen LogP contribution in [0.2, 0.25) is 0 Å². The average Bonchev–Trinajstić information content (AvgIpc) is 3.36. The van der Waals surface area contributed by atoms with Gasteiger partial charge in [0.25, 0.3) is 5.91 Å². The molecule has 0 atom stereocenters. The van der Waals surface area contributed by atoms with E-state index in [-0.39, 0.29) is 18.4 Å². The number of thiocarbonyl (C=S) groups is 1. The van der Waals surface area contributed by atoms with Gasteiger partial charge < -0.3 is 10.1 Å². The highest BCUT2D eigenvalue weighted by atomic mass is 32.2. The van der Waals surface area contributed by atoms with Gasteiger partial charge >= 0.3 is 0 Å². The van der Waals surface area contributed by atoms with Gasteiger partial charge in [0, 0.05) is 10.9 Å². The Balaban J connectivity index is 1.39. The van der Waals surface area contributed by atoms with Crippen molar-refractivity contribution in [3.63, 3.8) is 0 Å². The quantitative estimate of drug-likeness (QED) is 0.376. The number of nitrogens with zero attached hydrogens (tertiary/aromatic N) is 2. The molecule has 2 aromatic carbocycles. The summed E-state index contributed by atoms with van der Waals surface area (Å²) in [6.45, 7) is 2.35. The Morgan fingerprint density at radius 2 is 1.94 bits per heavy atom. The van der Waals surface area contributed by atoms with Crippen molar-refractivity contribution >= 4 is 62.7 Å². The minimum absolute atomic E-state index is 0.161. The summed E-state index contributed by atoms with van der Waals surface area (Å²) in [6, 6.07) is 17.2. The van der Waals surface area contributed by atoms with Crippen LogP contribution in [0, 0.1) is 0 Å². The lowest BCUT2D eigenvalue weighted by atomic mass is 10.2. The number of anilines is 1. The largest absolute Gasteiger partial charge is 0.494 e. The van der Waals surface area contributed by atoms with E-state index in [1.54, 1.807) is 6.08 Å². The summed E-state index contributed by atoms with van der Waals surface area (Å²) in [5.41, 5.74) is 2.62. The van der Waals surface area contributed by atoms with Gasteiger partial charge in [-0.25, -0.2) is 4.98 Å². The van der Waals surface area contributed by atoms with Gasteiger partial charge in [0.05, 0.1) is 17.2 Å². The van der Waals surface area contributed by atoms with E-state index in [4.69, 9.17) is 17.0 Å². The van der Waals surface area contributed by atoms with Crippen LogP contribution in [-0.2, 0) is 9.59 Å². The molecule has 1 aromatic heterocycles. The number of rotatable bonds is 7. The van der Waals surface area contributed by atoms with Crippen LogP contribution in [0.5, 0.6) is 5.75 Å². The van der Waals surface area contributed by atoms with Crippen molar-refractivity contribution in [1.82, 2.24) is 9.88 Å². The van der Waals surface area contributed by atoms with Crippen molar-refractivity contribution in [1.29, 1.82) is 0 Å². The highest BCUT2D eigenvalue weighted by Crippen LogP contribution is 2.33. The predicted molar refractivity (Wildman–Crippen MR) is 134 cm³/mol. The number of thiazole rings is 1. The fourth-order valence-corrected chi connectivity index (χ4v) is 4.98. The topological polar surface area (TPSA) is 71.5 Å². The number of carbonyl (C=O) groups excluding carboxylic acids is 2. The van der Waals surface area contributed by atoms with Gasteiger partial charge in [0.15, 0.2) is 5.13 Å². The van der Waals surface area contributed by atoms with Crippen LogP contribution in [0.4, 0.5) is 5.13 Å². The fourth-order valence-electron chi connectivity index (χ4n) is 2.99. The Labute approximate surface area is 199 Å². The molecule has 6 nitrogen and oxygen atoms in total. The molecule has 0 radical (unpaired) electrons. The van der Waals surface area contributed by atoms with Gasteiger partial charge in [-0.2, -0.15) is 0 Å². The van der Waals surface area contributed by atoms with E-state index in [0.717, 1.165) is 22.6 Å². The molecule has 0 bridgehead atoms. The molecule has 1 aliphatic heterocycles. The molecule has 1 saturated heterocycles. The van der Waals surface area contributed by atoms with Gasteiger partial charge in [-0.05, 0) is 30.7 Å². The van der Waals surface area contributed by atoms with E-state index in [1.807, 2.05) is 66.9 Å². The van der Waals surface area contributed by atoms with Crippen LogP contribution in [-0.4, -0.2) is 39.2 Å². The SMILES string of the molecule is CCOc1ccc(C=C2SC(=S)N(CC(=O)Nc3nc(-c4ccccc4)cs3)C2=O)cc1. The second-order valence-corrected chi connectivity index (χ2v) is 9.26. The molecule has 32 heavy (non-hydrogen) atoms. The monoisotopic (exact) mass is 481 g/mol. The summed E-state index contributed by atoms with van der Waals surface area (Å²) < 4.78 is 5.79. The van der Waals surface area contributed by atoms with Crippen molar-refractivity contribution in [2.45, 2.75) is 6.92 Å². The van der Waals surface area contributed by atoms with Gasteiger partial charge in [-0.15, -0.1) is 11.3 Å². The number of hydrogen-bond acceptors (Lipinski definition) is 7. The molecule has 1 fully saturated rings. The number of carbonyl (C=O) groups is 2. The third-order valence-corrected chi connectivity index (χ3v) is 6.62. The van der Waals surface area contributed by atoms with E-state index in [1.165, 1.54) is 28.0 Å². The van der Waals surface area contributed by atoms with Crippen LogP contribution < -0.4 is 10.1 Å². The third-order valence-electron chi connectivity index (χ3n) is 4.48. The summed E-state index contributed by atoms with van der Waals surface area (Å²) in [5.74, 6) is 0.136. The van der Waals surface area contributed by atoms with Crippen molar-refractivity contribution in [2.75, 3.05) is 18.5 Å². The zero-order valence-corrected chi connectivity index (χ0v) is 19.6. The molecule has 0 saturated carbocycles. The zero-order chi connectivity index (χ0) is 22.5. The number of thioether (sulfide) groups is 1. The van der Waals surface area contributed by atoms with E-state index in [0.29, 0.717) is 21.0 Å². The van der Waals surface area contributed by atoms with Gasteiger partial charge in [0.1, 0.15) is 16.6 Å². The van der Waals surface area contributed by atoms with E-state index >= 15 is 0 Å². The normalized spacial score (nSPS) is 14.8. The van der Waals surface area contributed by atoms with Gasteiger partial charge in [0.2, 0.25) is 5.91 Å². The first-order chi connectivity index (χ1) is 15.5. The lowest BCUT2D eigenvalue weighted by Gasteiger charge is -2.13. The van der Waals surface area contributed by atoms with Crippen LogP contribution in [0.3, 0.4) is 0 Å². The van der Waals surface area contributed by atoms with Crippen molar-refractivity contribution in [3.05, 3.63) is 70.4 Å². The number of hydrogen-bond donors (Lipinski definition) is 1. The number of ether oxygens (including phenoxy) is 1. The lowest BCUT2D eigenvalue weighted by molar-refractivity contribution is -0.126. The Morgan fingerprint density at radius 1 is 1.19 bits per heavy atom. The van der Waals surface area contributed by atoms with E-state index in [9.17, 15) is 9.59 Å². The Bertz CT molecular complexity index is 1170. The van der Waals surface area contributed by atoms with Gasteiger partial charge in [-0.3, -0.25) is 14.5 Å². The van der Waals surface area contributed by atoms with Crippen molar-refractivity contribution in [2.24, 2.45) is 0 Å². The molecule has 2 heterocycles. The molecule has 162 valence electrons. The molecule has 1 N–H and O–H groups in total. The number of benzene rings is 2. The van der Waals surface area contributed by atoms with Crippen molar-refractivity contribution in [3.8, 4) is 17.0 Å².